The third-order valence-electron chi connectivity index (χ3n) is 9.67. The molecule has 10 aromatic rings. The first-order chi connectivity index (χ1) is 23.3. The smallest absolute Gasteiger partial charge is 0.0788 e. The topological polar surface area (TPSA) is 14.8 Å². The van der Waals surface area contributed by atoms with E-state index in [0.717, 1.165) is 17.1 Å². The highest BCUT2D eigenvalue weighted by Gasteiger charge is 2.18. The Hall–Kier alpha value is -6.32. The SMILES string of the molecule is c1ccc(-c2ccc3c(c2)c2ccccc2n3-c2ccc(-n3c4ccccc4c4ccc5ccn(-c6ccccc6)c5c43)cc2)cc1. The Morgan fingerprint density at radius 3 is 1.66 bits per heavy atom. The molecule has 0 amide bonds. The summed E-state index contributed by atoms with van der Waals surface area (Å²) in [4.78, 5) is 0. The molecule has 3 heteroatoms. The minimum absolute atomic E-state index is 1.14. The van der Waals surface area contributed by atoms with Gasteiger partial charge in [-0.3, -0.25) is 0 Å². The van der Waals surface area contributed by atoms with E-state index in [2.05, 4.69) is 190 Å². The molecular weight excluding hydrogens is 571 g/mol. The van der Waals surface area contributed by atoms with Crippen molar-refractivity contribution in [1.82, 2.24) is 13.7 Å². The van der Waals surface area contributed by atoms with Crippen LogP contribution in [0.1, 0.15) is 0 Å². The Labute approximate surface area is 271 Å². The summed E-state index contributed by atoms with van der Waals surface area (Å²) < 4.78 is 7.16. The van der Waals surface area contributed by atoms with Crippen molar-refractivity contribution >= 4 is 54.5 Å². The average molecular weight is 600 g/mol. The number of rotatable bonds is 4. The Balaban J connectivity index is 1.19. The molecule has 3 aromatic heterocycles. The maximum atomic E-state index is 2.44. The van der Waals surface area contributed by atoms with Gasteiger partial charge in [0.2, 0.25) is 0 Å². The fourth-order valence-corrected chi connectivity index (χ4v) is 7.56. The van der Waals surface area contributed by atoms with Crippen molar-refractivity contribution < 1.29 is 0 Å². The zero-order valence-electron chi connectivity index (χ0n) is 25.6. The van der Waals surface area contributed by atoms with E-state index in [1.54, 1.807) is 0 Å². The standard InChI is InChI=1S/C44H29N3/c1-3-11-30(12-4-1)32-20-26-42-39(29-32)37-16-8-9-17-40(37)46(42)34-21-23-35(24-22-34)47-41-18-10-7-15-36(41)38-25-19-31-27-28-45(43(31)44(38)47)33-13-5-2-6-14-33/h1-29H. The lowest BCUT2D eigenvalue weighted by Crippen LogP contribution is -1.99. The van der Waals surface area contributed by atoms with E-state index >= 15 is 0 Å². The molecule has 3 nitrogen and oxygen atoms in total. The van der Waals surface area contributed by atoms with Crippen LogP contribution >= 0.6 is 0 Å². The molecule has 0 N–H and O–H groups in total. The lowest BCUT2D eigenvalue weighted by atomic mass is 10.0. The molecule has 220 valence electrons. The summed E-state index contributed by atoms with van der Waals surface area (Å²) in [6.07, 6.45) is 2.19. The second-order valence-corrected chi connectivity index (χ2v) is 12.2. The van der Waals surface area contributed by atoms with Crippen LogP contribution in [0, 0.1) is 0 Å². The van der Waals surface area contributed by atoms with Gasteiger partial charge in [0.1, 0.15) is 0 Å². The van der Waals surface area contributed by atoms with Gasteiger partial charge in [-0.2, -0.15) is 0 Å². The van der Waals surface area contributed by atoms with E-state index in [0.29, 0.717) is 0 Å². The molecule has 0 aliphatic heterocycles. The van der Waals surface area contributed by atoms with Crippen molar-refractivity contribution in [1.29, 1.82) is 0 Å². The largest absolute Gasteiger partial charge is 0.315 e. The summed E-state index contributed by atoms with van der Waals surface area (Å²) in [7, 11) is 0. The number of aromatic nitrogens is 3. The number of para-hydroxylation sites is 3. The van der Waals surface area contributed by atoms with E-state index in [9.17, 15) is 0 Å². The Morgan fingerprint density at radius 2 is 0.915 bits per heavy atom. The van der Waals surface area contributed by atoms with Crippen molar-refractivity contribution in [3.05, 3.63) is 176 Å². The van der Waals surface area contributed by atoms with Gasteiger partial charge >= 0.3 is 0 Å². The molecule has 0 aliphatic rings. The second kappa shape index (κ2) is 10.1. The molecule has 0 fully saturated rings. The van der Waals surface area contributed by atoms with Gasteiger partial charge in [-0.15, -0.1) is 0 Å². The molecule has 0 unspecified atom stereocenters. The van der Waals surface area contributed by atoms with Gasteiger partial charge in [0.25, 0.3) is 0 Å². The molecule has 0 radical (unpaired) electrons. The van der Waals surface area contributed by atoms with E-state index in [1.807, 2.05) is 0 Å². The van der Waals surface area contributed by atoms with Crippen LogP contribution in [0.4, 0.5) is 0 Å². The first-order valence-electron chi connectivity index (χ1n) is 16.1. The minimum Gasteiger partial charge on any atom is -0.315 e. The van der Waals surface area contributed by atoms with Crippen molar-refractivity contribution in [2.24, 2.45) is 0 Å². The number of hydrogen-bond acceptors (Lipinski definition) is 0. The Bertz CT molecular complexity index is 2760. The van der Waals surface area contributed by atoms with Gasteiger partial charge in [-0.25, -0.2) is 0 Å². The van der Waals surface area contributed by atoms with Crippen LogP contribution in [0.5, 0.6) is 0 Å². The molecule has 47 heavy (non-hydrogen) atoms. The Kier molecular flexibility index (Phi) is 5.57. The van der Waals surface area contributed by atoms with Crippen LogP contribution in [0.3, 0.4) is 0 Å². The van der Waals surface area contributed by atoms with Crippen molar-refractivity contribution in [2.45, 2.75) is 0 Å². The van der Waals surface area contributed by atoms with E-state index in [1.165, 1.54) is 65.6 Å². The van der Waals surface area contributed by atoms with Gasteiger partial charge in [0, 0.05) is 50.2 Å². The molecule has 0 atom stereocenters. The molecular formula is C44H29N3. The van der Waals surface area contributed by atoms with Crippen LogP contribution in [0.15, 0.2) is 176 Å². The summed E-state index contributed by atoms with van der Waals surface area (Å²) in [5, 5.41) is 6.26. The van der Waals surface area contributed by atoms with Crippen LogP contribution in [-0.2, 0) is 0 Å². The van der Waals surface area contributed by atoms with Gasteiger partial charge in [-0.05, 0) is 77.9 Å². The molecule has 0 saturated carbocycles. The normalized spacial score (nSPS) is 11.8. The lowest BCUT2D eigenvalue weighted by molar-refractivity contribution is 1.11. The molecule has 0 bridgehead atoms. The summed E-state index contributed by atoms with van der Waals surface area (Å²) in [5.74, 6) is 0. The maximum absolute atomic E-state index is 2.44. The maximum Gasteiger partial charge on any atom is 0.0788 e. The molecule has 7 aromatic carbocycles. The minimum atomic E-state index is 1.14. The fraction of sp³-hybridized carbons (Fsp3) is 0. The second-order valence-electron chi connectivity index (χ2n) is 12.2. The Morgan fingerprint density at radius 1 is 0.319 bits per heavy atom. The van der Waals surface area contributed by atoms with Gasteiger partial charge < -0.3 is 13.7 Å². The monoisotopic (exact) mass is 599 g/mol. The highest BCUT2D eigenvalue weighted by atomic mass is 15.0. The van der Waals surface area contributed by atoms with E-state index in [4.69, 9.17) is 0 Å². The number of nitrogens with zero attached hydrogens (tertiary/aromatic N) is 3. The van der Waals surface area contributed by atoms with Crippen molar-refractivity contribution in [3.8, 4) is 28.2 Å². The number of hydrogen-bond donors (Lipinski definition) is 0. The van der Waals surface area contributed by atoms with Crippen LogP contribution in [0.2, 0.25) is 0 Å². The third-order valence-corrected chi connectivity index (χ3v) is 9.67. The molecule has 0 saturated heterocycles. The van der Waals surface area contributed by atoms with Crippen LogP contribution in [-0.4, -0.2) is 13.7 Å². The molecule has 3 heterocycles. The molecule has 0 spiro atoms. The van der Waals surface area contributed by atoms with E-state index in [-0.39, 0.29) is 0 Å². The van der Waals surface area contributed by atoms with Gasteiger partial charge in [0.05, 0.1) is 27.6 Å². The molecule has 0 aliphatic carbocycles. The van der Waals surface area contributed by atoms with Crippen molar-refractivity contribution in [3.63, 3.8) is 0 Å². The highest BCUT2D eigenvalue weighted by molar-refractivity contribution is 6.18. The average Bonchev–Trinajstić information content (AvgIpc) is 3.82. The first-order valence-corrected chi connectivity index (χ1v) is 16.1. The molecule has 10 rings (SSSR count). The van der Waals surface area contributed by atoms with Crippen LogP contribution < -0.4 is 0 Å². The van der Waals surface area contributed by atoms with Crippen molar-refractivity contribution in [2.75, 3.05) is 0 Å². The summed E-state index contributed by atoms with van der Waals surface area (Å²) in [6, 6.07) is 61.4. The lowest BCUT2D eigenvalue weighted by Gasteiger charge is -2.13. The predicted molar refractivity (Wildman–Crippen MR) is 197 cm³/mol. The fourth-order valence-electron chi connectivity index (χ4n) is 7.56. The zero-order chi connectivity index (χ0) is 30.9. The third kappa shape index (κ3) is 3.87. The van der Waals surface area contributed by atoms with Gasteiger partial charge in [0.15, 0.2) is 0 Å². The van der Waals surface area contributed by atoms with Gasteiger partial charge in [-0.1, -0.05) is 103 Å². The number of benzene rings is 7. The predicted octanol–water partition coefficient (Wildman–Crippen LogP) is 11.5. The zero-order valence-corrected chi connectivity index (χ0v) is 25.6. The number of fused-ring (bicyclic) bond motifs is 8. The summed E-state index contributed by atoms with van der Waals surface area (Å²) in [5.41, 5.74) is 12.0. The quantitative estimate of drug-likeness (QED) is 0.191. The van der Waals surface area contributed by atoms with Crippen LogP contribution in [0.25, 0.3) is 82.7 Å². The van der Waals surface area contributed by atoms with E-state index < -0.39 is 0 Å². The summed E-state index contributed by atoms with van der Waals surface area (Å²) >= 11 is 0. The highest BCUT2D eigenvalue weighted by Crippen LogP contribution is 2.39. The summed E-state index contributed by atoms with van der Waals surface area (Å²) in [6.45, 7) is 0. The first kappa shape index (κ1) is 26.0.